The third kappa shape index (κ3) is 4.91. The first-order valence-electron chi connectivity index (χ1n) is 10.7. The molecule has 8 heteroatoms. The van der Waals surface area contributed by atoms with Crippen LogP contribution in [0.15, 0.2) is 60.9 Å². The standard InChI is InChI=1S/C24H25N5O3/c1-2-32-24(31)19-5-3-4-6-21(19)26-23(30)18-11-15-29(16-12-18)22-8-7-20(27-28-22)17-9-13-25-14-10-17/h3-10,13-14,18H,2,11-12,15-16H2,1H3,(H,26,30). The van der Waals surface area contributed by atoms with Crippen molar-refractivity contribution in [3.8, 4) is 11.3 Å². The predicted molar refractivity (Wildman–Crippen MR) is 121 cm³/mol. The largest absolute Gasteiger partial charge is 0.462 e. The van der Waals surface area contributed by atoms with Crippen LogP contribution in [0, 0.1) is 5.92 Å². The topological polar surface area (TPSA) is 97.3 Å². The summed E-state index contributed by atoms with van der Waals surface area (Å²) in [5.74, 6) is 0.146. The Balaban J connectivity index is 1.35. The van der Waals surface area contributed by atoms with E-state index in [1.807, 2.05) is 24.3 Å². The molecule has 0 saturated carbocycles. The second-order valence-electron chi connectivity index (χ2n) is 7.53. The summed E-state index contributed by atoms with van der Waals surface area (Å²) in [6.07, 6.45) is 4.85. The molecule has 0 unspecified atom stereocenters. The first kappa shape index (κ1) is 21.4. The number of carbonyl (C=O) groups is 2. The van der Waals surface area contributed by atoms with E-state index in [1.54, 1.807) is 43.6 Å². The van der Waals surface area contributed by atoms with E-state index < -0.39 is 5.97 Å². The number of amides is 1. The molecule has 8 nitrogen and oxygen atoms in total. The Kier molecular flexibility index (Phi) is 6.69. The highest BCUT2D eigenvalue weighted by atomic mass is 16.5. The Morgan fingerprint density at radius 3 is 2.47 bits per heavy atom. The van der Waals surface area contributed by atoms with Crippen molar-refractivity contribution < 1.29 is 14.3 Å². The van der Waals surface area contributed by atoms with Gasteiger partial charge in [-0.3, -0.25) is 9.78 Å². The fourth-order valence-electron chi connectivity index (χ4n) is 3.76. The second kappa shape index (κ2) is 10.00. The number of carbonyl (C=O) groups excluding carboxylic acids is 2. The number of nitrogens with zero attached hydrogens (tertiary/aromatic N) is 4. The van der Waals surface area contributed by atoms with E-state index in [0.717, 1.165) is 17.1 Å². The summed E-state index contributed by atoms with van der Waals surface area (Å²) in [6.45, 7) is 3.46. The Labute approximate surface area is 186 Å². The first-order valence-corrected chi connectivity index (χ1v) is 10.7. The molecule has 1 N–H and O–H groups in total. The van der Waals surface area contributed by atoms with Crippen molar-refractivity contribution >= 4 is 23.4 Å². The average Bonchev–Trinajstić information content (AvgIpc) is 2.85. The van der Waals surface area contributed by atoms with E-state index in [9.17, 15) is 9.59 Å². The number of ether oxygens (including phenoxy) is 1. The molecule has 0 aliphatic carbocycles. The minimum atomic E-state index is -0.438. The highest BCUT2D eigenvalue weighted by Crippen LogP contribution is 2.25. The molecule has 3 heterocycles. The molecule has 0 spiro atoms. The third-order valence-electron chi connectivity index (χ3n) is 5.50. The minimum Gasteiger partial charge on any atom is -0.462 e. The number of anilines is 2. The quantitative estimate of drug-likeness (QED) is 0.596. The van der Waals surface area contributed by atoms with Crippen LogP contribution >= 0.6 is 0 Å². The summed E-state index contributed by atoms with van der Waals surface area (Å²) in [7, 11) is 0. The number of para-hydroxylation sites is 1. The van der Waals surface area contributed by atoms with Gasteiger partial charge in [0.25, 0.3) is 0 Å². The number of nitrogens with one attached hydrogen (secondary N) is 1. The van der Waals surface area contributed by atoms with Crippen LogP contribution in [0.25, 0.3) is 11.3 Å². The number of pyridine rings is 1. The van der Waals surface area contributed by atoms with Crippen molar-refractivity contribution in [3.63, 3.8) is 0 Å². The molecule has 4 rings (SSSR count). The SMILES string of the molecule is CCOC(=O)c1ccccc1NC(=O)C1CCN(c2ccc(-c3ccncc3)nn2)CC1. The summed E-state index contributed by atoms with van der Waals surface area (Å²) in [4.78, 5) is 31.1. The van der Waals surface area contributed by atoms with Crippen molar-refractivity contribution in [2.45, 2.75) is 19.8 Å². The van der Waals surface area contributed by atoms with Crippen LogP contribution < -0.4 is 10.2 Å². The van der Waals surface area contributed by atoms with E-state index in [-0.39, 0.29) is 18.4 Å². The second-order valence-corrected chi connectivity index (χ2v) is 7.53. The van der Waals surface area contributed by atoms with Crippen molar-refractivity contribution in [1.29, 1.82) is 0 Å². The lowest BCUT2D eigenvalue weighted by molar-refractivity contribution is -0.120. The van der Waals surface area contributed by atoms with Crippen LogP contribution in [0.4, 0.5) is 11.5 Å². The summed E-state index contributed by atoms with van der Waals surface area (Å²) in [5.41, 5.74) is 2.61. The molecule has 2 aromatic heterocycles. The first-order chi connectivity index (χ1) is 15.7. The van der Waals surface area contributed by atoms with Gasteiger partial charge in [0.15, 0.2) is 5.82 Å². The van der Waals surface area contributed by atoms with Crippen molar-refractivity contribution in [1.82, 2.24) is 15.2 Å². The van der Waals surface area contributed by atoms with Crippen molar-refractivity contribution in [2.75, 3.05) is 29.9 Å². The Morgan fingerprint density at radius 2 is 1.78 bits per heavy atom. The van der Waals surface area contributed by atoms with Gasteiger partial charge in [-0.15, -0.1) is 10.2 Å². The van der Waals surface area contributed by atoms with Crippen molar-refractivity contribution in [3.05, 3.63) is 66.5 Å². The van der Waals surface area contributed by atoms with Crippen LogP contribution in [0.1, 0.15) is 30.1 Å². The third-order valence-corrected chi connectivity index (χ3v) is 5.50. The smallest absolute Gasteiger partial charge is 0.340 e. The molecule has 1 aliphatic rings. The summed E-state index contributed by atoms with van der Waals surface area (Å²) >= 11 is 0. The van der Waals surface area contributed by atoms with E-state index in [0.29, 0.717) is 37.2 Å². The Hall–Kier alpha value is -3.81. The van der Waals surface area contributed by atoms with Gasteiger partial charge in [-0.1, -0.05) is 12.1 Å². The fourth-order valence-corrected chi connectivity index (χ4v) is 3.76. The van der Waals surface area contributed by atoms with Gasteiger partial charge >= 0.3 is 5.97 Å². The van der Waals surface area contributed by atoms with Crippen LogP contribution in [0.3, 0.4) is 0 Å². The molecular weight excluding hydrogens is 406 g/mol. The van der Waals surface area contributed by atoms with Gasteiger partial charge in [-0.25, -0.2) is 4.79 Å². The van der Waals surface area contributed by atoms with Crippen LogP contribution in [-0.2, 0) is 9.53 Å². The number of piperidine rings is 1. The fraction of sp³-hybridized carbons (Fsp3) is 0.292. The van der Waals surface area contributed by atoms with Gasteiger partial charge in [0.2, 0.25) is 5.91 Å². The number of esters is 1. The molecule has 32 heavy (non-hydrogen) atoms. The molecule has 0 bridgehead atoms. The number of rotatable bonds is 6. The maximum absolute atomic E-state index is 12.8. The number of hydrogen-bond acceptors (Lipinski definition) is 7. The van der Waals surface area contributed by atoms with Gasteiger partial charge in [0, 0.05) is 37.0 Å². The summed E-state index contributed by atoms with van der Waals surface area (Å²) < 4.78 is 5.08. The zero-order valence-electron chi connectivity index (χ0n) is 17.9. The average molecular weight is 431 g/mol. The minimum absolute atomic E-state index is 0.0829. The lowest BCUT2D eigenvalue weighted by atomic mass is 9.95. The van der Waals surface area contributed by atoms with E-state index >= 15 is 0 Å². The molecule has 1 amide bonds. The lowest BCUT2D eigenvalue weighted by Gasteiger charge is -2.32. The summed E-state index contributed by atoms with van der Waals surface area (Å²) in [5, 5.41) is 11.6. The van der Waals surface area contributed by atoms with Gasteiger partial charge in [0.05, 0.1) is 23.6 Å². The molecule has 0 radical (unpaired) electrons. The van der Waals surface area contributed by atoms with Crippen LogP contribution in [0.5, 0.6) is 0 Å². The van der Waals surface area contributed by atoms with E-state index in [2.05, 4.69) is 25.4 Å². The highest BCUT2D eigenvalue weighted by Gasteiger charge is 2.27. The molecule has 0 atom stereocenters. The molecule has 1 aliphatic heterocycles. The van der Waals surface area contributed by atoms with Crippen LogP contribution in [-0.4, -0.2) is 46.8 Å². The number of hydrogen-bond donors (Lipinski definition) is 1. The lowest BCUT2D eigenvalue weighted by Crippen LogP contribution is -2.38. The molecule has 3 aromatic rings. The maximum atomic E-state index is 12.8. The number of aromatic nitrogens is 3. The Morgan fingerprint density at radius 1 is 1.03 bits per heavy atom. The van der Waals surface area contributed by atoms with E-state index in [4.69, 9.17) is 4.74 Å². The van der Waals surface area contributed by atoms with Gasteiger partial charge in [-0.05, 0) is 56.2 Å². The van der Waals surface area contributed by atoms with Gasteiger partial charge < -0.3 is 15.0 Å². The zero-order valence-corrected chi connectivity index (χ0v) is 17.9. The zero-order chi connectivity index (χ0) is 22.3. The monoisotopic (exact) mass is 431 g/mol. The van der Waals surface area contributed by atoms with Gasteiger partial charge in [-0.2, -0.15) is 0 Å². The van der Waals surface area contributed by atoms with E-state index in [1.165, 1.54) is 0 Å². The molecule has 1 saturated heterocycles. The highest BCUT2D eigenvalue weighted by molar-refractivity contribution is 6.01. The van der Waals surface area contributed by atoms with Gasteiger partial charge in [0.1, 0.15) is 0 Å². The number of benzene rings is 1. The van der Waals surface area contributed by atoms with Crippen molar-refractivity contribution in [2.24, 2.45) is 5.92 Å². The maximum Gasteiger partial charge on any atom is 0.340 e. The molecule has 164 valence electrons. The summed E-state index contributed by atoms with van der Waals surface area (Å²) in [6, 6.07) is 14.6. The Bertz CT molecular complexity index is 1060. The normalized spacial score (nSPS) is 14.1. The predicted octanol–water partition coefficient (Wildman–Crippen LogP) is 3.57. The van der Waals surface area contributed by atoms with Crippen LogP contribution in [0.2, 0.25) is 0 Å². The molecule has 1 fully saturated rings. The molecular formula is C24H25N5O3. The molecule has 1 aromatic carbocycles.